The zero-order chi connectivity index (χ0) is 10.6. The van der Waals surface area contributed by atoms with Gasteiger partial charge < -0.3 is 10.8 Å². The molecule has 0 aromatic heterocycles. The minimum absolute atomic E-state index is 0.407. The van der Waals surface area contributed by atoms with Gasteiger partial charge in [0, 0.05) is 0 Å². The van der Waals surface area contributed by atoms with Gasteiger partial charge in [0.2, 0.25) is 0 Å². The monoisotopic (exact) mass is 194 g/mol. The van der Waals surface area contributed by atoms with Crippen LogP contribution in [0.5, 0.6) is 0 Å². The molecular weight excluding hydrogens is 180 g/mol. The van der Waals surface area contributed by atoms with E-state index in [1.54, 1.807) is 12.2 Å². The normalized spacial score (nSPS) is 22.7. The van der Waals surface area contributed by atoms with E-state index in [9.17, 15) is 9.90 Å². The van der Waals surface area contributed by atoms with Gasteiger partial charge in [0.15, 0.2) is 0 Å². The number of carbonyl (C=O) groups excluding carboxylic acids is 1. The van der Waals surface area contributed by atoms with E-state index in [2.05, 4.69) is 11.7 Å². The highest BCUT2D eigenvalue weighted by Gasteiger charge is 2.16. The molecule has 3 N–H and O–H groups in total. The van der Waals surface area contributed by atoms with Crippen molar-refractivity contribution in [3.63, 3.8) is 0 Å². The van der Waals surface area contributed by atoms with Crippen LogP contribution in [0.1, 0.15) is 12.8 Å². The molecule has 76 valence electrons. The van der Waals surface area contributed by atoms with Gasteiger partial charge in [0.1, 0.15) is 0 Å². The largest absolute Gasteiger partial charge is 0.389 e. The van der Waals surface area contributed by atoms with Crippen LogP contribution < -0.4 is 5.73 Å². The minimum atomic E-state index is -0.641. The van der Waals surface area contributed by atoms with Gasteiger partial charge in [0.25, 0.3) is 5.91 Å². The van der Waals surface area contributed by atoms with Crippen LogP contribution in [0.4, 0.5) is 0 Å². The number of hydrogen-bond acceptors (Lipinski definition) is 3. The summed E-state index contributed by atoms with van der Waals surface area (Å²) in [6.45, 7) is 3.13. The lowest BCUT2D eigenvalue weighted by Gasteiger charge is -2.15. The third kappa shape index (κ3) is 2.90. The molecule has 4 nitrogen and oxygen atoms in total. The van der Waals surface area contributed by atoms with Crippen LogP contribution in [0.15, 0.2) is 28.8 Å². The van der Waals surface area contributed by atoms with Gasteiger partial charge >= 0.3 is 0 Å². The Bertz CT molecular complexity index is 294. The lowest BCUT2D eigenvalue weighted by atomic mass is 9.96. The topological polar surface area (TPSA) is 75.7 Å². The molecule has 0 bridgehead atoms. The maximum absolute atomic E-state index is 11.0. The number of allylic oxidation sites excluding steroid dienone is 2. The third-order valence-electron chi connectivity index (χ3n) is 2.09. The average Bonchev–Trinajstić information content (AvgIpc) is 2.16. The highest BCUT2D eigenvalue weighted by molar-refractivity contribution is 5.85. The molecule has 0 fully saturated rings. The van der Waals surface area contributed by atoms with Crippen LogP contribution in [0, 0.1) is 0 Å². The summed E-state index contributed by atoms with van der Waals surface area (Å²) < 4.78 is 0. The van der Waals surface area contributed by atoms with Crippen molar-refractivity contribution in [3.05, 3.63) is 23.8 Å². The first-order valence-corrected chi connectivity index (χ1v) is 4.44. The fourth-order valence-corrected chi connectivity index (χ4v) is 1.36. The first-order valence-electron chi connectivity index (χ1n) is 4.44. The van der Waals surface area contributed by atoms with Crippen LogP contribution in [-0.2, 0) is 4.79 Å². The molecule has 4 heteroatoms. The highest BCUT2D eigenvalue weighted by Crippen LogP contribution is 2.17. The van der Waals surface area contributed by atoms with E-state index in [1.807, 2.05) is 6.08 Å². The van der Waals surface area contributed by atoms with Gasteiger partial charge in [-0.3, -0.25) is 4.79 Å². The second-order valence-electron chi connectivity index (χ2n) is 3.29. The van der Waals surface area contributed by atoms with Gasteiger partial charge in [-0.15, -0.1) is 0 Å². The second kappa shape index (κ2) is 4.83. The van der Waals surface area contributed by atoms with Crippen molar-refractivity contribution in [1.82, 2.24) is 0 Å². The molecular formula is C10H14N2O2. The maximum atomic E-state index is 11.0. The first kappa shape index (κ1) is 10.8. The number of nitrogens with zero attached hydrogens (tertiary/aromatic N) is 1. The Morgan fingerprint density at radius 3 is 3.14 bits per heavy atom. The molecule has 1 aliphatic carbocycles. The van der Waals surface area contributed by atoms with E-state index in [4.69, 9.17) is 5.73 Å². The standard InChI is InChI=1S/C10H14N2O2/c1-12-10(14)9(11)6-7-3-2-4-8(13)5-7/h2-4,8-9,13H,1,5-6,11H2/t8?,9-/m0/s1. The molecule has 0 spiro atoms. The number of aliphatic hydroxyl groups is 1. The predicted octanol–water partition coefficient (Wildman–Crippen LogP) is 0.178. The van der Waals surface area contributed by atoms with Gasteiger partial charge in [0.05, 0.1) is 12.1 Å². The molecule has 0 aromatic carbocycles. The van der Waals surface area contributed by atoms with Gasteiger partial charge in [-0.05, 0) is 19.6 Å². The van der Waals surface area contributed by atoms with E-state index in [0.717, 1.165) is 5.57 Å². The summed E-state index contributed by atoms with van der Waals surface area (Å²) >= 11 is 0. The SMILES string of the molecule is C=NC(=O)[C@@H](N)CC1=CC=CC(O)C1. The summed E-state index contributed by atoms with van der Waals surface area (Å²) in [5, 5.41) is 9.30. The Hall–Kier alpha value is -1.26. The van der Waals surface area contributed by atoms with E-state index in [1.165, 1.54) is 0 Å². The van der Waals surface area contributed by atoms with Crippen molar-refractivity contribution in [2.45, 2.75) is 25.0 Å². The van der Waals surface area contributed by atoms with Crippen molar-refractivity contribution in [2.24, 2.45) is 10.7 Å². The third-order valence-corrected chi connectivity index (χ3v) is 2.09. The first-order chi connectivity index (χ1) is 6.63. The van der Waals surface area contributed by atoms with Crippen LogP contribution >= 0.6 is 0 Å². The second-order valence-corrected chi connectivity index (χ2v) is 3.29. The Morgan fingerprint density at radius 2 is 2.57 bits per heavy atom. The van der Waals surface area contributed by atoms with E-state index in [-0.39, 0.29) is 0 Å². The number of aliphatic hydroxyl groups excluding tert-OH is 1. The fraction of sp³-hybridized carbons (Fsp3) is 0.400. The Kier molecular flexibility index (Phi) is 3.73. The molecule has 0 aromatic rings. The van der Waals surface area contributed by atoms with E-state index >= 15 is 0 Å². The molecule has 0 saturated carbocycles. The van der Waals surface area contributed by atoms with Crippen molar-refractivity contribution in [3.8, 4) is 0 Å². The minimum Gasteiger partial charge on any atom is -0.389 e. The predicted molar refractivity (Wildman–Crippen MR) is 55.0 cm³/mol. The van der Waals surface area contributed by atoms with E-state index in [0.29, 0.717) is 12.8 Å². The lowest BCUT2D eigenvalue weighted by Crippen LogP contribution is -2.30. The molecule has 2 atom stereocenters. The van der Waals surface area contributed by atoms with Crippen molar-refractivity contribution in [2.75, 3.05) is 0 Å². The van der Waals surface area contributed by atoms with Crippen LogP contribution in [0.2, 0.25) is 0 Å². The maximum Gasteiger partial charge on any atom is 0.262 e. The summed E-state index contributed by atoms with van der Waals surface area (Å²) in [6.07, 6.45) is 5.83. The number of rotatable bonds is 3. The van der Waals surface area contributed by atoms with Gasteiger partial charge in [-0.1, -0.05) is 23.8 Å². The molecule has 0 radical (unpaired) electrons. The highest BCUT2D eigenvalue weighted by atomic mass is 16.3. The molecule has 14 heavy (non-hydrogen) atoms. The summed E-state index contributed by atoms with van der Waals surface area (Å²) in [5.74, 6) is -0.407. The van der Waals surface area contributed by atoms with Crippen LogP contribution in [0.25, 0.3) is 0 Å². The van der Waals surface area contributed by atoms with Crippen LogP contribution in [0.3, 0.4) is 0 Å². The summed E-state index contributed by atoms with van der Waals surface area (Å²) in [7, 11) is 0. The summed E-state index contributed by atoms with van der Waals surface area (Å²) in [6, 6.07) is -0.641. The van der Waals surface area contributed by atoms with E-state index < -0.39 is 18.1 Å². The average molecular weight is 194 g/mol. The van der Waals surface area contributed by atoms with Gasteiger partial charge in [-0.2, -0.15) is 0 Å². The summed E-state index contributed by atoms with van der Waals surface area (Å²) in [5.41, 5.74) is 6.54. The van der Waals surface area contributed by atoms with Crippen LogP contribution in [-0.4, -0.2) is 29.9 Å². The number of carbonyl (C=O) groups is 1. The zero-order valence-corrected chi connectivity index (χ0v) is 7.89. The van der Waals surface area contributed by atoms with Crippen molar-refractivity contribution >= 4 is 12.6 Å². The van der Waals surface area contributed by atoms with Crippen molar-refractivity contribution < 1.29 is 9.90 Å². The molecule has 1 rings (SSSR count). The number of amides is 1. The Labute approximate surface area is 82.8 Å². The van der Waals surface area contributed by atoms with Gasteiger partial charge in [-0.25, -0.2) is 4.99 Å². The fourth-order valence-electron chi connectivity index (χ4n) is 1.36. The Balaban J connectivity index is 2.52. The van der Waals surface area contributed by atoms with Crippen molar-refractivity contribution in [1.29, 1.82) is 0 Å². The quantitative estimate of drug-likeness (QED) is 0.629. The smallest absolute Gasteiger partial charge is 0.262 e. The number of nitrogens with two attached hydrogens (primary N) is 1. The molecule has 1 unspecified atom stereocenters. The lowest BCUT2D eigenvalue weighted by molar-refractivity contribution is -0.118. The molecule has 0 heterocycles. The molecule has 1 aliphatic rings. The number of aliphatic imine (C=N–C) groups is 1. The Morgan fingerprint density at radius 1 is 1.86 bits per heavy atom. The molecule has 1 amide bonds. The number of hydrogen-bond donors (Lipinski definition) is 2. The molecule has 0 aliphatic heterocycles. The summed E-state index contributed by atoms with van der Waals surface area (Å²) in [4.78, 5) is 14.3. The zero-order valence-electron chi connectivity index (χ0n) is 7.89. The molecule has 0 saturated heterocycles.